The fraction of sp³-hybridized carbons (Fsp3) is 0.500. The Bertz CT molecular complexity index is 642. The Kier molecular flexibility index (Phi) is 4.53. The number of nitrogens with zero attached hydrogens (tertiary/aromatic N) is 1. The SMILES string of the molecule is CCC1CCN(S(=O)(=O)c2cc(N)ccc2C(=O)OC)C1. The van der Waals surface area contributed by atoms with Crippen LogP contribution in [-0.2, 0) is 14.8 Å². The average Bonchev–Trinajstić information content (AvgIpc) is 2.96. The average molecular weight is 312 g/mol. The summed E-state index contributed by atoms with van der Waals surface area (Å²) in [6.45, 7) is 2.99. The molecule has 1 aliphatic rings. The maximum Gasteiger partial charge on any atom is 0.339 e. The zero-order chi connectivity index (χ0) is 15.6. The van der Waals surface area contributed by atoms with Crippen molar-refractivity contribution in [2.45, 2.75) is 24.7 Å². The second kappa shape index (κ2) is 6.03. The number of carbonyl (C=O) groups is 1. The third-order valence-electron chi connectivity index (χ3n) is 3.85. The number of esters is 1. The number of carbonyl (C=O) groups excluding carboxylic acids is 1. The molecule has 6 nitrogen and oxygen atoms in total. The Balaban J connectivity index is 2.44. The molecule has 0 amide bonds. The van der Waals surface area contributed by atoms with Crippen LogP contribution in [0.4, 0.5) is 5.69 Å². The van der Waals surface area contributed by atoms with Crippen molar-refractivity contribution in [3.05, 3.63) is 23.8 Å². The van der Waals surface area contributed by atoms with Gasteiger partial charge in [-0.3, -0.25) is 0 Å². The first-order valence-corrected chi connectivity index (χ1v) is 8.32. The van der Waals surface area contributed by atoms with Gasteiger partial charge in [0.2, 0.25) is 10.0 Å². The monoisotopic (exact) mass is 312 g/mol. The second-order valence-corrected chi connectivity index (χ2v) is 7.08. The number of hydrogen-bond acceptors (Lipinski definition) is 5. The summed E-state index contributed by atoms with van der Waals surface area (Å²) >= 11 is 0. The van der Waals surface area contributed by atoms with E-state index in [2.05, 4.69) is 4.74 Å². The summed E-state index contributed by atoms with van der Waals surface area (Å²) in [5.74, 6) is -0.317. The summed E-state index contributed by atoms with van der Waals surface area (Å²) < 4.78 is 31.6. The minimum atomic E-state index is -3.74. The zero-order valence-corrected chi connectivity index (χ0v) is 13.0. The third-order valence-corrected chi connectivity index (χ3v) is 5.76. The van der Waals surface area contributed by atoms with Crippen molar-refractivity contribution in [2.75, 3.05) is 25.9 Å². The largest absolute Gasteiger partial charge is 0.465 e. The smallest absolute Gasteiger partial charge is 0.339 e. The molecule has 7 heteroatoms. The standard InChI is InChI=1S/C14H20N2O4S/c1-3-10-6-7-16(9-10)21(18,19)13-8-11(15)4-5-12(13)14(17)20-2/h4-5,8,10H,3,6-7,9,15H2,1-2H3. The van der Waals surface area contributed by atoms with E-state index in [1.54, 1.807) is 0 Å². The molecule has 21 heavy (non-hydrogen) atoms. The van der Waals surface area contributed by atoms with E-state index in [9.17, 15) is 13.2 Å². The Labute approximate surface area is 124 Å². The van der Waals surface area contributed by atoms with E-state index >= 15 is 0 Å². The normalized spacial score (nSPS) is 19.6. The van der Waals surface area contributed by atoms with Gasteiger partial charge in [-0.05, 0) is 30.5 Å². The van der Waals surface area contributed by atoms with Gasteiger partial charge in [0.15, 0.2) is 0 Å². The lowest BCUT2D eigenvalue weighted by Crippen LogP contribution is -2.30. The first-order chi connectivity index (χ1) is 9.90. The molecule has 1 atom stereocenters. The van der Waals surface area contributed by atoms with Gasteiger partial charge in [-0.15, -0.1) is 0 Å². The molecule has 1 aromatic carbocycles. The molecule has 1 saturated heterocycles. The quantitative estimate of drug-likeness (QED) is 0.672. The van der Waals surface area contributed by atoms with Gasteiger partial charge in [-0.25, -0.2) is 13.2 Å². The first kappa shape index (κ1) is 15.8. The summed E-state index contributed by atoms with van der Waals surface area (Å²) in [5.41, 5.74) is 6.00. The van der Waals surface area contributed by atoms with Gasteiger partial charge in [0, 0.05) is 18.8 Å². The Morgan fingerprint density at radius 2 is 2.19 bits per heavy atom. The van der Waals surface area contributed by atoms with Crippen molar-refractivity contribution in [3.8, 4) is 0 Å². The number of methoxy groups -OCH3 is 1. The van der Waals surface area contributed by atoms with Crippen LogP contribution in [0.25, 0.3) is 0 Å². The van der Waals surface area contributed by atoms with E-state index in [1.165, 1.54) is 29.6 Å². The van der Waals surface area contributed by atoms with Crippen LogP contribution in [0.1, 0.15) is 30.1 Å². The lowest BCUT2D eigenvalue weighted by molar-refractivity contribution is 0.0596. The van der Waals surface area contributed by atoms with Crippen LogP contribution in [-0.4, -0.2) is 38.9 Å². The molecule has 0 radical (unpaired) electrons. The topological polar surface area (TPSA) is 89.7 Å². The molecular weight excluding hydrogens is 292 g/mol. The fourth-order valence-corrected chi connectivity index (χ4v) is 4.26. The van der Waals surface area contributed by atoms with Crippen LogP contribution in [0.15, 0.2) is 23.1 Å². The van der Waals surface area contributed by atoms with Gasteiger partial charge in [-0.2, -0.15) is 4.31 Å². The van der Waals surface area contributed by atoms with Crippen molar-refractivity contribution < 1.29 is 17.9 Å². The number of ether oxygens (including phenoxy) is 1. The highest BCUT2D eigenvalue weighted by Gasteiger charge is 2.34. The lowest BCUT2D eigenvalue weighted by atomic mass is 10.1. The highest BCUT2D eigenvalue weighted by atomic mass is 32.2. The summed E-state index contributed by atoms with van der Waals surface area (Å²) in [6.07, 6.45) is 1.78. The summed E-state index contributed by atoms with van der Waals surface area (Å²) in [5, 5.41) is 0. The molecule has 0 aromatic heterocycles. The molecule has 0 aliphatic carbocycles. The van der Waals surface area contributed by atoms with Crippen LogP contribution >= 0.6 is 0 Å². The minimum Gasteiger partial charge on any atom is -0.465 e. The Hall–Kier alpha value is -1.60. The number of rotatable bonds is 4. The molecule has 2 rings (SSSR count). The van der Waals surface area contributed by atoms with Gasteiger partial charge in [-0.1, -0.05) is 13.3 Å². The maximum atomic E-state index is 12.8. The van der Waals surface area contributed by atoms with Crippen molar-refractivity contribution in [1.82, 2.24) is 4.31 Å². The second-order valence-electron chi connectivity index (χ2n) is 5.17. The minimum absolute atomic E-state index is 0.0200. The molecule has 0 bridgehead atoms. The predicted octanol–water partition coefficient (Wildman–Crippen LogP) is 1.48. The number of nitrogen functional groups attached to an aromatic ring is 1. The van der Waals surface area contributed by atoms with E-state index in [-0.39, 0.29) is 10.5 Å². The molecule has 1 fully saturated rings. The van der Waals surface area contributed by atoms with Crippen molar-refractivity contribution in [2.24, 2.45) is 5.92 Å². The molecule has 1 heterocycles. The van der Waals surface area contributed by atoms with E-state index in [0.717, 1.165) is 12.8 Å². The first-order valence-electron chi connectivity index (χ1n) is 6.88. The zero-order valence-electron chi connectivity index (χ0n) is 12.2. The predicted molar refractivity (Wildman–Crippen MR) is 79.4 cm³/mol. The molecule has 1 aliphatic heterocycles. The fourth-order valence-electron chi connectivity index (χ4n) is 2.52. The molecule has 0 saturated carbocycles. The lowest BCUT2D eigenvalue weighted by Gasteiger charge is -2.18. The molecular formula is C14H20N2O4S. The van der Waals surface area contributed by atoms with E-state index in [0.29, 0.717) is 24.7 Å². The van der Waals surface area contributed by atoms with Crippen LogP contribution in [0, 0.1) is 5.92 Å². The molecule has 2 N–H and O–H groups in total. The van der Waals surface area contributed by atoms with Gasteiger partial charge in [0.1, 0.15) is 0 Å². The number of sulfonamides is 1. The summed E-state index contributed by atoms with van der Waals surface area (Å²) in [7, 11) is -2.52. The van der Waals surface area contributed by atoms with Gasteiger partial charge < -0.3 is 10.5 Å². The maximum absolute atomic E-state index is 12.8. The van der Waals surface area contributed by atoms with Gasteiger partial charge >= 0.3 is 5.97 Å². The number of anilines is 1. The highest BCUT2D eigenvalue weighted by Crippen LogP contribution is 2.29. The summed E-state index contributed by atoms with van der Waals surface area (Å²) in [4.78, 5) is 11.7. The van der Waals surface area contributed by atoms with Crippen LogP contribution in [0.2, 0.25) is 0 Å². The van der Waals surface area contributed by atoms with Crippen molar-refractivity contribution >= 4 is 21.7 Å². The Morgan fingerprint density at radius 1 is 1.48 bits per heavy atom. The number of benzene rings is 1. The van der Waals surface area contributed by atoms with Crippen LogP contribution in [0.5, 0.6) is 0 Å². The molecule has 116 valence electrons. The van der Waals surface area contributed by atoms with E-state index < -0.39 is 16.0 Å². The number of nitrogens with two attached hydrogens (primary N) is 1. The Morgan fingerprint density at radius 3 is 2.76 bits per heavy atom. The van der Waals surface area contributed by atoms with Crippen molar-refractivity contribution in [1.29, 1.82) is 0 Å². The van der Waals surface area contributed by atoms with E-state index in [4.69, 9.17) is 5.73 Å². The van der Waals surface area contributed by atoms with Crippen molar-refractivity contribution in [3.63, 3.8) is 0 Å². The van der Waals surface area contributed by atoms with E-state index in [1.807, 2.05) is 6.92 Å². The third kappa shape index (κ3) is 3.03. The molecule has 1 unspecified atom stereocenters. The number of hydrogen-bond donors (Lipinski definition) is 1. The van der Waals surface area contributed by atoms with Gasteiger partial charge in [0.25, 0.3) is 0 Å². The highest BCUT2D eigenvalue weighted by molar-refractivity contribution is 7.89. The van der Waals surface area contributed by atoms with Gasteiger partial charge in [0.05, 0.1) is 17.6 Å². The van der Waals surface area contributed by atoms with Crippen LogP contribution in [0.3, 0.4) is 0 Å². The molecule has 1 aromatic rings. The summed E-state index contributed by atoms with van der Waals surface area (Å²) in [6, 6.07) is 4.20. The van der Waals surface area contributed by atoms with Crippen LogP contribution < -0.4 is 5.73 Å². The molecule has 0 spiro atoms.